The molecule has 0 saturated heterocycles. The van der Waals surface area contributed by atoms with Crippen molar-refractivity contribution in [3.63, 3.8) is 0 Å². The van der Waals surface area contributed by atoms with Crippen LogP contribution < -0.4 is 0 Å². The third-order valence-electron chi connectivity index (χ3n) is 5.28. The number of allylic oxidation sites excluding steroid dienone is 1. The van der Waals surface area contributed by atoms with E-state index in [0.717, 1.165) is 0 Å². The van der Waals surface area contributed by atoms with Crippen LogP contribution in [0.1, 0.15) is 60.5 Å². The van der Waals surface area contributed by atoms with E-state index in [1.807, 2.05) is 0 Å². The van der Waals surface area contributed by atoms with E-state index in [0.29, 0.717) is 13.0 Å². The molecule has 2 aromatic carbocycles. The zero-order chi connectivity index (χ0) is 28.3. The van der Waals surface area contributed by atoms with Crippen molar-refractivity contribution in [1.29, 1.82) is 0 Å². The van der Waals surface area contributed by atoms with Crippen LogP contribution in [0.4, 0.5) is 26.3 Å². The molecule has 37 heavy (non-hydrogen) atoms. The maximum atomic E-state index is 15.1. The highest BCUT2D eigenvalue weighted by Gasteiger charge is 2.35. The Hall–Kier alpha value is -1.55. The maximum Gasteiger partial charge on any atom is 0.395 e. The van der Waals surface area contributed by atoms with Crippen molar-refractivity contribution in [3.05, 3.63) is 72.6 Å². The predicted octanol–water partition coefficient (Wildman–Crippen LogP) is 10.3. The summed E-state index contributed by atoms with van der Waals surface area (Å²) in [7, 11) is 0. The number of Topliss-reactive ketones (excluding diaryl/α,β-unsaturated/α-hetero) is 2. The number of alkyl halides is 5. The Balaban J connectivity index is 2.26. The summed E-state index contributed by atoms with van der Waals surface area (Å²) in [4.78, 5) is 24.1. The Labute approximate surface area is 233 Å². The Morgan fingerprint density at radius 2 is 1.57 bits per heavy atom. The molecule has 1 unspecified atom stereocenters. The first-order chi connectivity index (χ1) is 16.9. The minimum atomic E-state index is -4.62. The van der Waals surface area contributed by atoms with Crippen LogP contribution in [0, 0.1) is 5.92 Å². The molecule has 12 heteroatoms. The zero-order valence-corrected chi connectivity index (χ0v) is 23.2. The van der Waals surface area contributed by atoms with Gasteiger partial charge < -0.3 is 0 Å². The van der Waals surface area contributed by atoms with Crippen LogP contribution >= 0.6 is 50.7 Å². The predicted molar refractivity (Wildman–Crippen MR) is 136 cm³/mol. The van der Waals surface area contributed by atoms with Gasteiger partial charge >= 0.3 is 6.18 Å². The number of hydrogen-bond donors (Lipinski definition) is 0. The highest BCUT2D eigenvalue weighted by Crippen LogP contribution is 2.41. The van der Waals surface area contributed by atoms with Crippen molar-refractivity contribution >= 4 is 68.1 Å². The molecule has 0 aliphatic rings. The van der Waals surface area contributed by atoms with Gasteiger partial charge in [0, 0.05) is 35.4 Å². The van der Waals surface area contributed by atoms with Gasteiger partial charge in [-0.2, -0.15) is 13.2 Å². The van der Waals surface area contributed by atoms with Gasteiger partial charge in [0.25, 0.3) is 5.92 Å². The lowest BCUT2D eigenvalue weighted by atomic mass is 9.91. The molecule has 2 atom stereocenters. The first-order valence-electron chi connectivity index (χ1n) is 10.7. The summed E-state index contributed by atoms with van der Waals surface area (Å²) in [5, 5.41) is -0.183. The van der Waals surface area contributed by atoms with Crippen molar-refractivity contribution < 1.29 is 35.9 Å². The lowest BCUT2D eigenvalue weighted by molar-refractivity contribution is -0.152. The molecule has 0 saturated carbocycles. The molecule has 0 spiro atoms. The number of hydrogen-bond acceptors (Lipinski definition) is 2. The minimum absolute atomic E-state index is 0.0297. The third-order valence-corrected chi connectivity index (χ3v) is 7.13. The molecule has 0 aliphatic heterocycles. The quantitative estimate of drug-likeness (QED) is 0.145. The first kappa shape index (κ1) is 31.7. The van der Waals surface area contributed by atoms with E-state index in [-0.39, 0.29) is 42.7 Å². The smallest absolute Gasteiger partial charge is 0.299 e. The van der Waals surface area contributed by atoms with Gasteiger partial charge in [-0.05, 0) is 41.8 Å². The van der Waals surface area contributed by atoms with E-state index in [9.17, 15) is 31.5 Å². The molecular weight excluding hydrogens is 633 g/mol. The molecule has 0 bridgehead atoms. The van der Waals surface area contributed by atoms with Gasteiger partial charge in [-0.25, -0.2) is 13.2 Å². The largest absolute Gasteiger partial charge is 0.395 e. The Morgan fingerprint density at radius 1 is 1.00 bits per heavy atom. The Kier molecular flexibility index (Phi) is 10.7. The molecule has 0 N–H and O–H groups in total. The molecule has 2 nitrogen and oxygen atoms in total. The molecule has 0 aromatic heterocycles. The average Bonchev–Trinajstić information content (AvgIpc) is 2.72. The van der Waals surface area contributed by atoms with Crippen LogP contribution in [0.3, 0.4) is 0 Å². The summed E-state index contributed by atoms with van der Waals surface area (Å²) in [6.07, 6.45) is -6.13. The molecule has 2 aromatic rings. The van der Waals surface area contributed by atoms with Crippen molar-refractivity contribution in [2.45, 2.75) is 51.1 Å². The third kappa shape index (κ3) is 9.30. The standard InChI is InChI=1S/C25H20BrCl3F6O2/c1-12(5-15(36)11-25(33,34)35)6-22(37)16-4-3-13(7-18(16)26)21(30)10-17(24(2,31)32)14-8-19(27)23(29)20(28)9-14/h3-4,7-10,12,17H,5-6,11H2,1-2H3/b21-10-/t12-,17?/m1/s1. The number of carbonyl (C=O) groups excluding carboxylic acids is 2. The summed E-state index contributed by atoms with van der Waals surface area (Å²) in [5.41, 5.74) is -0.0838. The number of benzene rings is 2. The summed E-state index contributed by atoms with van der Waals surface area (Å²) < 4.78 is 81.0. The Bertz CT molecular complexity index is 1180. The average molecular weight is 653 g/mol. The molecular formula is C25H20BrCl3F6O2. The van der Waals surface area contributed by atoms with Crippen LogP contribution in [-0.4, -0.2) is 23.7 Å². The van der Waals surface area contributed by atoms with Crippen molar-refractivity contribution in [2.75, 3.05) is 0 Å². The van der Waals surface area contributed by atoms with Crippen LogP contribution in [0.5, 0.6) is 0 Å². The van der Waals surface area contributed by atoms with Crippen LogP contribution in [0.15, 0.2) is 40.9 Å². The fourth-order valence-corrected chi connectivity index (χ4v) is 4.82. The highest BCUT2D eigenvalue weighted by molar-refractivity contribution is 9.10. The summed E-state index contributed by atoms with van der Waals surface area (Å²) in [6.45, 7) is 2.08. The van der Waals surface area contributed by atoms with E-state index >= 15 is 4.39 Å². The molecule has 2 rings (SSSR count). The van der Waals surface area contributed by atoms with E-state index in [2.05, 4.69) is 15.9 Å². The lowest BCUT2D eigenvalue weighted by Gasteiger charge is -2.22. The van der Waals surface area contributed by atoms with Gasteiger partial charge in [-0.3, -0.25) is 9.59 Å². The molecule has 0 aliphatic carbocycles. The lowest BCUT2D eigenvalue weighted by Crippen LogP contribution is -2.21. The summed E-state index contributed by atoms with van der Waals surface area (Å²) >= 11 is 20.9. The number of ketones is 2. The number of halogens is 10. The normalized spacial score (nSPS) is 14.4. The van der Waals surface area contributed by atoms with Crippen molar-refractivity contribution in [1.82, 2.24) is 0 Å². The molecule has 0 fully saturated rings. The monoisotopic (exact) mass is 650 g/mol. The van der Waals surface area contributed by atoms with Gasteiger partial charge in [0.15, 0.2) is 5.78 Å². The zero-order valence-electron chi connectivity index (χ0n) is 19.3. The second kappa shape index (κ2) is 12.5. The number of rotatable bonds is 10. The van der Waals surface area contributed by atoms with Gasteiger partial charge in [-0.1, -0.05) is 63.7 Å². The van der Waals surface area contributed by atoms with Crippen LogP contribution in [-0.2, 0) is 4.79 Å². The van der Waals surface area contributed by atoms with E-state index in [1.54, 1.807) is 0 Å². The SMILES string of the molecule is C[C@H](CC(=O)CC(F)(F)F)CC(=O)c1ccc(/C(F)=C/C(c2cc(Cl)c(Cl)c(Cl)c2)C(C)(F)F)cc1Br. The summed E-state index contributed by atoms with van der Waals surface area (Å²) in [5.74, 6) is -8.35. The van der Waals surface area contributed by atoms with Crippen molar-refractivity contribution in [3.8, 4) is 0 Å². The van der Waals surface area contributed by atoms with Crippen molar-refractivity contribution in [2.24, 2.45) is 5.92 Å². The minimum Gasteiger partial charge on any atom is -0.299 e. The Morgan fingerprint density at radius 3 is 2.05 bits per heavy atom. The fraction of sp³-hybridized carbons (Fsp3) is 0.360. The molecule has 0 amide bonds. The maximum absolute atomic E-state index is 15.1. The van der Waals surface area contributed by atoms with E-state index < -0.39 is 54.2 Å². The highest BCUT2D eigenvalue weighted by atomic mass is 79.9. The fourth-order valence-electron chi connectivity index (χ4n) is 3.61. The topological polar surface area (TPSA) is 34.1 Å². The molecule has 0 radical (unpaired) electrons. The van der Waals surface area contributed by atoms with Gasteiger partial charge in [0.05, 0.1) is 21.0 Å². The van der Waals surface area contributed by atoms with Gasteiger partial charge in [0.2, 0.25) is 0 Å². The van der Waals surface area contributed by atoms with Gasteiger partial charge in [0.1, 0.15) is 18.0 Å². The number of carbonyl (C=O) groups is 2. The van der Waals surface area contributed by atoms with Gasteiger partial charge in [-0.15, -0.1) is 0 Å². The second-order valence-corrected chi connectivity index (χ2v) is 10.8. The van der Waals surface area contributed by atoms with Crippen LogP contribution in [0.25, 0.3) is 5.83 Å². The second-order valence-electron chi connectivity index (χ2n) is 8.71. The molecule has 0 heterocycles. The van der Waals surface area contributed by atoms with E-state index in [1.165, 1.54) is 37.3 Å². The summed E-state index contributed by atoms with van der Waals surface area (Å²) in [6, 6.07) is 6.01. The first-order valence-corrected chi connectivity index (χ1v) is 12.6. The van der Waals surface area contributed by atoms with Crippen LogP contribution in [0.2, 0.25) is 15.1 Å². The van der Waals surface area contributed by atoms with E-state index in [4.69, 9.17) is 34.8 Å². The molecule has 202 valence electrons.